The number of methoxy groups -OCH3 is 2. The highest BCUT2D eigenvalue weighted by Gasteiger charge is 2.70. The van der Waals surface area contributed by atoms with E-state index in [1.165, 1.54) is 0 Å². The zero-order chi connectivity index (χ0) is 25.7. The second-order valence-electron chi connectivity index (χ2n) is 11.3. The molecule has 1 amide bonds. The summed E-state index contributed by atoms with van der Waals surface area (Å²) in [6.45, 7) is 14.7. The van der Waals surface area contributed by atoms with Gasteiger partial charge in [0.05, 0.1) is 26.8 Å². The van der Waals surface area contributed by atoms with Crippen molar-refractivity contribution in [3.63, 3.8) is 0 Å². The second-order valence-corrected chi connectivity index (χ2v) is 11.3. The van der Waals surface area contributed by atoms with Crippen LogP contribution in [0.1, 0.15) is 89.5 Å². The number of benzene rings is 1. The minimum Gasteiger partial charge on any atom is -0.493 e. The lowest BCUT2D eigenvalue weighted by Crippen LogP contribution is -2.56. The molecule has 1 saturated carbocycles. The lowest BCUT2D eigenvalue weighted by molar-refractivity contribution is -0.146. The van der Waals surface area contributed by atoms with Crippen molar-refractivity contribution in [1.29, 1.82) is 0 Å². The molecule has 0 radical (unpaired) electrons. The fourth-order valence-electron chi connectivity index (χ4n) is 7.12. The molecule has 4 atom stereocenters. The summed E-state index contributed by atoms with van der Waals surface area (Å²) < 4.78 is 18.1. The van der Waals surface area contributed by atoms with Crippen LogP contribution in [-0.4, -0.2) is 56.7 Å². The van der Waals surface area contributed by atoms with Gasteiger partial charge in [-0.25, -0.2) is 0 Å². The van der Waals surface area contributed by atoms with E-state index in [0.29, 0.717) is 24.5 Å². The van der Waals surface area contributed by atoms with Gasteiger partial charge in [-0.05, 0) is 48.9 Å². The molecule has 35 heavy (non-hydrogen) atoms. The third-order valence-electron chi connectivity index (χ3n) is 8.71. The Bertz CT molecular complexity index is 1000. The van der Waals surface area contributed by atoms with Crippen LogP contribution in [0.2, 0.25) is 0 Å². The number of likely N-dealkylation sites (N-methyl/N-ethyl adjacent to an activating group) is 1. The predicted octanol–water partition coefficient (Wildman–Crippen LogP) is 4.33. The van der Waals surface area contributed by atoms with Crippen molar-refractivity contribution in [2.45, 2.75) is 84.3 Å². The average Bonchev–Trinajstić information content (AvgIpc) is 3.08. The molecule has 1 aromatic carbocycles. The summed E-state index contributed by atoms with van der Waals surface area (Å²) in [5.41, 5.74) is 1.86. The van der Waals surface area contributed by atoms with Crippen molar-refractivity contribution in [3.05, 3.63) is 22.8 Å². The van der Waals surface area contributed by atoms with Gasteiger partial charge in [-0.15, -0.1) is 0 Å². The van der Waals surface area contributed by atoms with Crippen LogP contribution in [-0.2, 0) is 19.7 Å². The highest BCUT2D eigenvalue weighted by atomic mass is 16.6. The molecule has 0 aromatic heterocycles. The average molecular weight is 487 g/mol. The smallest absolute Gasteiger partial charge is 0.317 e. The van der Waals surface area contributed by atoms with Crippen LogP contribution in [0.25, 0.3) is 0 Å². The number of carbonyl (C=O) groups is 2. The molecule has 4 unspecified atom stereocenters. The first kappa shape index (κ1) is 25.8. The molecule has 1 heterocycles. The van der Waals surface area contributed by atoms with Crippen LogP contribution < -0.4 is 14.8 Å². The van der Waals surface area contributed by atoms with E-state index in [-0.39, 0.29) is 29.1 Å². The molecular weight excluding hydrogens is 444 g/mol. The SMILES string of the molecule is CCN(CC)CC(=O)NC1c2cc(C(C)C)c(OC)c(OC)c2C23CCCC(C)(C)C2C1OC3=O. The molecule has 4 rings (SSSR count). The van der Waals surface area contributed by atoms with Crippen LogP contribution in [0.4, 0.5) is 0 Å². The van der Waals surface area contributed by atoms with E-state index >= 15 is 0 Å². The first-order valence-electron chi connectivity index (χ1n) is 13.1. The molecular formula is C28H42N2O5. The topological polar surface area (TPSA) is 77.1 Å². The Morgan fingerprint density at radius 3 is 2.40 bits per heavy atom. The largest absolute Gasteiger partial charge is 0.493 e. The van der Waals surface area contributed by atoms with E-state index < -0.39 is 17.6 Å². The number of carbonyl (C=O) groups excluding carboxylic acids is 2. The van der Waals surface area contributed by atoms with Gasteiger partial charge in [-0.1, -0.05) is 48.0 Å². The van der Waals surface area contributed by atoms with Gasteiger partial charge in [0.2, 0.25) is 5.91 Å². The standard InChI is InChI=1S/C28H42N2O5/c1-9-30(10-2)15-19(31)29-21-18-14-17(16(3)4)22(33-7)23(34-8)20(18)28-13-11-12-27(5,6)25(28)24(21)35-26(28)32/h14,16,21,24-25H,9-13,15H2,1-8H3,(H,29,31). The summed E-state index contributed by atoms with van der Waals surface area (Å²) in [7, 11) is 3.29. The van der Waals surface area contributed by atoms with E-state index in [1.54, 1.807) is 14.2 Å². The molecule has 2 aliphatic carbocycles. The second kappa shape index (κ2) is 9.30. The lowest BCUT2D eigenvalue weighted by Gasteiger charge is -2.52. The van der Waals surface area contributed by atoms with Gasteiger partial charge in [0, 0.05) is 17.0 Å². The van der Waals surface area contributed by atoms with Crippen LogP contribution in [0.3, 0.4) is 0 Å². The number of nitrogens with one attached hydrogen (secondary N) is 1. The minimum absolute atomic E-state index is 0.0606. The van der Waals surface area contributed by atoms with Crippen molar-refractivity contribution in [2.75, 3.05) is 33.9 Å². The number of fused-ring (bicyclic) bond motifs is 1. The maximum absolute atomic E-state index is 13.8. The first-order chi connectivity index (χ1) is 16.6. The molecule has 2 bridgehead atoms. The van der Waals surface area contributed by atoms with Crippen molar-refractivity contribution in [3.8, 4) is 11.5 Å². The number of hydrogen-bond donors (Lipinski definition) is 1. The first-order valence-corrected chi connectivity index (χ1v) is 13.1. The number of rotatable bonds is 8. The monoisotopic (exact) mass is 486 g/mol. The van der Waals surface area contributed by atoms with Gasteiger partial charge >= 0.3 is 5.97 Å². The Balaban J connectivity index is 1.96. The Kier molecular flexibility index (Phi) is 6.86. The molecule has 7 nitrogen and oxygen atoms in total. The van der Waals surface area contributed by atoms with Crippen molar-refractivity contribution < 1.29 is 23.8 Å². The van der Waals surface area contributed by atoms with E-state index in [9.17, 15) is 9.59 Å². The third-order valence-corrected chi connectivity index (χ3v) is 8.71. The zero-order valence-electron chi connectivity index (χ0n) is 22.6. The lowest BCUT2D eigenvalue weighted by atomic mass is 9.49. The Labute approximate surface area is 209 Å². The number of hydrogen-bond acceptors (Lipinski definition) is 6. The van der Waals surface area contributed by atoms with Crippen molar-refractivity contribution >= 4 is 11.9 Å². The number of nitrogens with zero attached hydrogens (tertiary/aromatic N) is 1. The Morgan fingerprint density at radius 2 is 1.83 bits per heavy atom. The molecule has 0 spiro atoms. The number of esters is 1. The maximum atomic E-state index is 13.8. The molecule has 1 saturated heterocycles. The molecule has 3 aliphatic rings. The van der Waals surface area contributed by atoms with E-state index in [1.807, 2.05) is 0 Å². The van der Waals surface area contributed by atoms with Crippen LogP contribution in [0.15, 0.2) is 6.07 Å². The number of ether oxygens (including phenoxy) is 3. The maximum Gasteiger partial charge on any atom is 0.317 e. The summed E-state index contributed by atoms with van der Waals surface area (Å²) in [5, 5.41) is 3.29. The minimum atomic E-state index is -0.796. The van der Waals surface area contributed by atoms with Gasteiger partial charge in [-0.3, -0.25) is 14.5 Å². The van der Waals surface area contributed by atoms with E-state index in [0.717, 1.165) is 42.6 Å². The van der Waals surface area contributed by atoms with Gasteiger partial charge in [0.15, 0.2) is 11.5 Å². The number of amides is 1. The summed E-state index contributed by atoms with van der Waals surface area (Å²) in [6, 6.07) is 1.69. The summed E-state index contributed by atoms with van der Waals surface area (Å²) >= 11 is 0. The summed E-state index contributed by atoms with van der Waals surface area (Å²) in [4.78, 5) is 29.2. The van der Waals surface area contributed by atoms with E-state index in [4.69, 9.17) is 14.2 Å². The molecule has 194 valence electrons. The Morgan fingerprint density at radius 1 is 1.17 bits per heavy atom. The van der Waals surface area contributed by atoms with Gasteiger partial charge in [-0.2, -0.15) is 0 Å². The predicted molar refractivity (Wildman–Crippen MR) is 135 cm³/mol. The fraction of sp³-hybridized carbons (Fsp3) is 0.714. The molecule has 1 N–H and O–H groups in total. The zero-order valence-corrected chi connectivity index (χ0v) is 22.6. The van der Waals surface area contributed by atoms with E-state index in [2.05, 4.69) is 57.8 Å². The van der Waals surface area contributed by atoms with Crippen molar-refractivity contribution in [2.24, 2.45) is 11.3 Å². The molecule has 7 heteroatoms. The third kappa shape index (κ3) is 3.81. The van der Waals surface area contributed by atoms with Gasteiger partial charge in [0.1, 0.15) is 11.5 Å². The highest BCUT2D eigenvalue weighted by Crippen LogP contribution is 2.66. The normalized spacial score (nSPS) is 28.4. The molecule has 2 fully saturated rings. The summed E-state index contributed by atoms with van der Waals surface area (Å²) in [5.74, 6) is 1.13. The Hall–Kier alpha value is -2.28. The quantitative estimate of drug-likeness (QED) is 0.551. The fourth-order valence-corrected chi connectivity index (χ4v) is 7.12. The van der Waals surface area contributed by atoms with Crippen LogP contribution in [0.5, 0.6) is 11.5 Å². The molecule has 1 aromatic rings. The summed E-state index contributed by atoms with van der Waals surface area (Å²) in [6.07, 6.45) is 2.24. The van der Waals surface area contributed by atoms with Crippen molar-refractivity contribution in [1.82, 2.24) is 10.2 Å². The van der Waals surface area contributed by atoms with Gasteiger partial charge in [0.25, 0.3) is 0 Å². The van der Waals surface area contributed by atoms with Crippen LogP contribution in [0, 0.1) is 11.3 Å². The molecule has 1 aliphatic heterocycles. The highest BCUT2D eigenvalue weighted by molar-refractivity contribution is 5.91. The van der Waals surface area contributed by atoms with Crippen LogP contribution >= 0.6 is 0 Å². The van der Waals surface area contributed by atoms with Gasteiger partial charge < -0.3 is 19.5 Å².